The van der Waals surface area contributed by atoms with Crippen molar-refractivity contribution in [3.63, 3.8) is 0 Å². The molecule has 6 aliphatic rings. The molecule has 0 aromatic rings. The number of epoxide rings is 1. The molecule has 6 unspecified atom stereocenters. The van der Waals surface area contributed by atoms with Crippen molar-refractivity contribution in [2.45, 2.75) is 102 Å². The first-order valence-electron chi connectivity index (χ1n) is 12.1. The van der Waals surface area contributed by atoms with E-state index in [9.17, 15) is 0 Å². The first-order valence-corrected chi connectivity index (χ1v) is 12.1. The number of hydrogen-bond acceptors (Lipinski definition) is 4. The predicted octanol–water partition coefficient (Wildman–Crippen LogP) is 5.01. The van der Waals surface area contributed by atoms with Crippen LogP contribution in [0.5, 0.6) is 0 Å². The Labute approximate surface area is 175 Å². The predicted molar refractivity (Wildman–Crippen MR) is 110 cm³/mol. The molecule has 2 spiro atoms. The lowest BCUT2D eigenvalue weighted by atomic mass is 9.55. The molecule has 0 aromatic heterocycles. The van der Waals surface area contributed by atoms with Crippen LogP contribution in [0.15, 0.2) is 12.2 Å². The summed E-state index contributed by atoms with van der Waals surface area (Å²) >= 11 is 0. The summed E-state index contributed by atoms with van der Waals surface area (Å²) in [5.74, 6) is 1.04. The zero-order chi connectivity index (χ0) is 20.0. The molecule has 0 amide bonds. The van der Waals surface area contributed by atoms with E-state index in [1.165, 1.54) is 32.1 Å². The first kappa shape index (κ1) is 19.3. The molecule has 162 valence electrons. The summed E-state index contributed by atoms with van der Waals surface area (Å²) in [6.07, 6.45) is 15.7. The van der Waals surface area contributed by atoms with Crippen LogP contribution in [0, 0.1) is 22.7 Å². The van der Waals surface area contributed by atoms with Crippen molar-refractivity contribution in [2.75, 3.05) is 19.8 Å². The van der Waals surface area contributed by atoms with Crippen LogP contribution in [0.4, 0.5) is 0 Å². The van der Waals surface area contributed by atoms with Crippen molar-refractivity contribution >= 4 is 0 Å². The third-order valence-corrected chi connectivity index (χ3v) is 10.1. The fourth-order valence-electron chi connectivity index (χ4n) is 8.50. The summed E-state index contributed by atoms with van der Waals surface area (Å²) in [6.45, 7) is 9.86. The number of fused-ring (bicyclic) bond motifs is 3. The topological polar surface area (TPSA) is 40.2 Å². The van der Waals surface area contributed by atoms with Crippen LogP contribution in [-0.4, -0.2) is 42.9 Å². The minimum absolute atomic E-state index is 0.0176. The molecule has 2 saturated carbocycles. The first-order chi connectivity index (χ1) is 13.8. The third-order valence-electron chi connectivity index (χ3n) is 10.1. The van der Waals surface area contributed by atoms with E-state index in [0.29, 0.717) is 12.0 Å². The molecule has 0 bridgehead atoms. The molecule has 0 N–H and O–H groups in total. The molecule has 3 saturated heterocycles. The highest BCUT2D eigenvalue weighted by atomic mass is 16.7. The van der Waals surface area contributed by atoms with Gasteiger partial charge in [-0.15, -0.1) is 0 Å². The van der Waals surface area contributed by atoms with Crippen LogP contribution in [0.25, 0.3) is 0 Å². The number of rotatable bonds is 3. The van der Waals surface area contributed by atoms with Crippen LogP contribution in [0.1, 0.15) is 78.6 Å². The Bertz CT molecular complexity index is 710. The Kier molecular flexibility index (Phi) is 4.05. The van der Waals surface area contributed by atoms with Crippen molar-refractivity contribution in [3.05, 3.63) is 12.2 Å². The molecule has 5 fully saturated rings. The van der Waals surface area contributed by atoms with Crippen LogP contribution < -0.4 is 0 Å². The highest BCUT2D eigenvalue weighted by Crippen LogP contribution is 2.68. The van der Waals surface area contributed by atoms with Gasteiger partial charge in [-0.3, -0.25) is 0 Å². The normalized spacial score (nSPS) is 51.5. The van der Waals surface area contributed by atoms with E-state index < -0.39 is 0 Å². The van der Waals surface area contributed by atoms with Gasteiger partial charge in [-0.05, 0) is 62.2 Å². The van der Waals surface area contributed by atoms with Gasteiger partial charge in [0.05, 0.1) is 30.5 Å². The number of ether oxygens (including phenoxy) is 4. The van der Waals surface area contributed by atoms with Crippen molar-refractivity contribution in [1.82, 2.24) is 0 Å². The van der Waals surface area contributed by atoms with Crippen molar-refractivity contribution < 1.29 is 18.9 Å². The standard InChI is InChI=1S/C25H38O4/c1-21(2)13-14-28-25(21)12-7-19-18(5-4-9-22(19,25)3)6-10-23-17-24(26-15-16-27-24)11-8-20(23)29-23/h4-5,18-20H,6-17H2,1-3H3. The lowest BCUT2D eigenvalue weighted by Crippen LogP contribution is -2.54. The fraction of sp³-hybridized carbons (Fsp3) is 0.920. The lowest BCUT2D eigenvalue weighted by molar-refractivity contribution is -0.181. The SMILES string of the molecule is CC1(C)CCOC12CCC1C(CCC34CC5(CCC3O4)OCCO5)C=CCC12C. The quantitative estimate of drug-likeness (QED) is 0.491. The second-order valence-electron chi connectivity index (χ2n) is 11.7. The van der Waals surface area contributed by atoms with E-state index in [1.807, 2.05) is 0 Å². The van der Waals surface area contributed by atoms with Crippen LogP contribution in [-0.2, 0) is 18.9 Å². The molecule has 0 radical (unpaired) electrons. The Balaban J connectivity index is 1.19. The van der Waals surface area contributed by atoms with Gasteiger partial charge in [-0.2, -0.15) is 0 Å². The summed E-state index contributed by atoms with van der Waals surface area (Å²) in [5.41, 5.74) is 0.622. The van der Waals surface area contributed by atoms with Crippen LogP contribution in [0.2, 0.25) is 0 Å². The van der Waals surface area contributed by atoms with Crippen molar-refractivity contribution in [1.29, 1.82) is 0 Å². The summed E-state index contributed by atoms with van der Waals surface area (Å²) < 4.78 is 25.0. The second-order valence-corrected chi connectivity index (χ2v) is 11.7. The molecule has 6 atom stereocenters. The van der Waals surface area contributed by atoms with Gasteiger partial charge in [-0.25, -0.2) is 0 Å². The molecule has 0 aromatic carbocycles. The summed E-state index contributed by atoms with van der Waals surface area (Å²) in [7, 11) is 0. The molecule has 4 heteroatoms. The molecule has 6 rings (SSSR count). The van der Waals surface area contributed by atoms with Gasteiger partial charge in [0.25, 0.3) is 0 Å². The van der Waals surface area contributed by atoms with E-state index in [0.717, 1.165) is 51.4 Å². The van der Waals surface area contributed by atoms with Gasteiger partial charge >= 0.3 is 0 Å². The van der Waals surface area contributed by atoms with E-state index in [1.54, 1.807) is 0 Å². The smallest absolute Gasteiger partial charge is 0.171 e. The summed E-state index contributed by atoms with van der Waals surface area (Å²) in [5, 5.41) is 0. The Morgan fingerprint density at radius 1 is 0.931 bits per heavy atom. The van der Waals surface area contributed by atoms with Gasteiger partial charge in [-0.1, -0.05) is 32.9 Å². The maximum absolute atomic E-state index is 6.63. The molecule has 3 aliphatic carbocycles. The summed E-state index contributed by atoms with van der Waals surface area (Å²) in [6, 6.07) is 0. The molecule has 29 heavy (non-hydrogen) atoms. The number of hydrogen-bond donors (Lipinski definition) is 0. The number of allylic oxidation sites excluding steroid dienone is 2. The van der Waals surface area contributed by atoms with Crippen molar-refractivity contribution in [3.8, 4) is 0 Å². The maximum Gasteiger partial charge on any atom is 0.171 e. The largest absolute Gasteiger partial charge is 0.374 e. The van der Waals surface area contributed by atoms with Crippen LogP contribution in [0.3, 0.4) is 0 Å². The molecule has 4 nitrogen and oxygen atoms in total. The minimum Gasteiger partial charge on any atom is -0.374 e. The third kappa shape index (κ3) is 2.52. The van der Waals surface area contributed by atoms with Crippen LogP contribution >= 0.6 is 0 Å². The average molecular weight is 403 g/mol. The van der Waals surface area contributed by atoms with Gasteiger partial charge in [0.15, 0.2) is 5.79 Å². The van der Waals surface area contributed by atoms with Gasteiger partial charge in [0, 0.05) is 24.9 Å². The molecular weight excluding hydrogens is 364 g/mol. The minimum atomic E-state index is -0.344. The van der Waals surface area contributed by atoms with E-state index in [2.05, 4.69) is 32.9 Å². The maximum atomic E-state index is 6.63. The lowest BCUT2D eigenvalue weighted by Gasteiger charge is -2.53. The second kappa shape index (κ2) is 6.09. The highest BCUT2D eigenvalue weighted by Gasteiger charge is 2.68. The summed E-state index contributed by atoms with van der Waals surface area (Å²) in [4.78, 5) is 0. The van der Waals surface area contributed by atoms with Crippen molar-refractivity contribution in [2.24, 2.45) is 22.7 Å². The Hall–Kier alpha value is -0.420. The highest BCUT2D eigenvalue weighted by molar-refractivity contribution is 5.22. The van der Waals surface area contributed by atoms with Gasteiger partial charge in [0.1, 0.15) is 0 Å². The molecule has 3 aliphatic heterocycles. The Morgan fingerprint density at radius 2 is 1.76 bits per heavy atom. The molecule has 3 heterocycles. The average Bonchev–Trinajstić information content (AvgIpc) is 2.91. The van der Waals surface area contributed by atoms with Gasteiger partial charge in [0.2, 0.25) is 0 Å². The zero-order valence-electron chi connectivity index (χ0n) is 18.5. The van der Waals surface area contributed by atoms with E-state index in [4.69, 9.17) is 18.9 Å². The molecular formula is C25H38O4. The van der Waals surface area contributed by atoms with Gasteiger partial charge < -0.3 is 18.9 Å². The van der Waals surface area contributed by atoms with E-state index in [-0.39, 0.29) is 27.8 Å². The zero-order valence-corrected chi connectivity index (χ0v) is 18.5. The monoisotopic (exact) mass is 402 g/mol. The van der Waals surface area contributed by atoms with E-state index >= 15 is 0 Å². The fourth-order valence-corrected chi connectivity index (χ4v) is 8.50. The Morgan fingerprint density at radius 3 is 2.52 bits per heavy atom.